The molecule has 0 saturated heterocycles. The smallest absolute Gasteiger partial charge is 0.191 e. The molecule has 2 N–H and O–H groups in total. The van der Waals surface area contributed by atoms with E-state index >= 15 is 0 Å². The number of nitrogens with zero attached hydrogens (tertiary/aromatic N) is 4. The lowest BCUT2D eigenvalue weighted by molar-refractivity contribution is 0.198. The first kappa shape index (κ1) is 25.6. The van der Waals surface area contributed by atoms with E-state index in [0.717, 1.165) is 30.2 Å². The Morgan fingerprint density at radius 2 is 2.03 bits per heavy atom. The van der Waals surface area contributed by atoms with E-state index in [1.165, 1.54) is 12.1 Å². The monoisotopic (exact) mass is 552 g/mol. The third kappa shape index (κ3) is 7.47. The van der Waals surface area contributed by atoms with Gasteiger partial charge in [-0.3, -0.25) is 4.57 Å². The van der Waals surface area contributed by atoms with Gasteiger partial charge in [0.15, 0.2) is 5.96 Å². The molecule has 2 aromatic heterocycles. The van der Waals surface area contributed by atoms with Crippen LogP contribution in [0.1, 0.15) is 31.7 Å². The number of hydrogen-bond donors (Lipinski definition) is 2. The minimum atomic E-state index is -0.307. The van der Waals surface area contributed by atoms with Crippen molar-refractivity contribution >= 4 is 29.9 Å². The molecule has 9 heteroatoms. The fourth-order valence-corrected chi connectivity index (χ4v) is 3.00. The van der Waals surface area contributed by atoms with Crippen LogP contribution >= 0.6 is 24.0 Å². The van der Waals surface area contributed by atoms with Crippen LogP contribution in [0.3, 0.4) is 0 Å². The predicted molar refractivity (Wildman–Crippen MR) is 135 cm³/mol. The summed E-state index contributed by atoms with van der Waals surface area (Å²) in [7, 11) is 0. The van der Waals surface area contributed by atoms with E-state index in [0.29, 0.717) is 24.8 Å². The average Bonchev–Trinajstić information content (AvgIpc) is 3.21. The average molecular weight is 552 g/mol. The molecular formula is C23H30FIN6O. The van der Waals surface area contributed by atoms with E-state index in [1.807, 2.05) is 49.9 Å². The summed E-state index contributed by atoms with van der Waals surface area (Å²) >= 11 is 0. The maximum atomic E-state index is 13.4. The normalized spacial score (nSPS) is 12.1. The van der Waals surface area contributed by atoms with Crippen LogP contribution in [0.15, 0.2) is 60.0 Å². The zero-order chi connectivity index (χ0) is 22.1. The minimum Gasteiger partial charge on any atom is -0.489 e. The maximum Gasteiger partial charge on any atom is 0.191 e. The van der Waals surface area contributed by atoms with Gasteiger partial charge in [0, 0.05) is 31.2 Å². The molecule has 0 radical (unpaired) electrons. The van der Waals surface area contributed by atoms with Gasteiger partial charge in [-0.15, -0.1) is 24.0 Å². The summed E-state index contributed by atoms with van der Waals surface area (Å²) in [5.74, 6) is 2.63. The number of benzene rings is 1. The number of rotatable bonds is 9. The van der Waals surface area contributed by atoms with E-state index in [-0.39, 0.29) is 35.9 Å². The molecule has 2 heterocycles. The van der Waals surface area contributed by atoms with Gasteiger partial charge in [-0.2, -0.15) is 0 Å². The van der Waals surface area contributed by atoms with Gasteiger partial charge in [-0.05, 0) is 44.0 Å². The summed E-state index contributed by atoms with van der Waals surface area (Å²) < 4.78 is 21.2. The minimum absolute atomic E-state index is 0. The Labute approximate surface area is 205 Å². The molecule has 0 aliphatic rings. The van der Waals surface area contributed by atoms with Gasteiger partial charge in [0.25, 0.3) is 0 Å². The number of nitrogens with one attached hydrogen (secondary N) is 2. The van der Waals surface area contributed by atoms with Crippen LogP contribution in [0.5, 0.6) is 5.75 Å². The number of aromatic nitrogens is 3. The molecule has 32 heavy (non-hydrogen) atoms. The van der Waals surface area contributed by atoms with Gasteiger partial charge in [0.2, 0.25) is 0 Å². The Bertz CT molecular complexity index is 992. The fourth-order valence-electron chi connectivity index (χ4n) is 3.00. The van der Waals surface area contributed by atoms with Crippen molar-refractivity contribution in [2.45, 2.75) is 39.8 Å². The lowest BCUT2D eigenvalue weighted by atomic mass is 10.2. The molecule has 0 amide bonds. The van der Waals surface area contributed by atoms with Crippen molar-refractivity contribution < 1.29 is 9.13 Å². The number of pyridine rings is 1. The van der Waals surface area contributed by atoms with Crippen molar-refractivity contribution in [2.75, 3.05) is 13.1 Å². The first-order valence-electron chi connectivity index (χ1n) is 10.5. The molecule has 172 valence electrons. The highest BCUT2D eigenvalue weighted by atomic mass is 127. The van der Waals surface area contributed by atoms with Crippen LogP contribution in [0.2, 0.25) is 0 Å². The molecule has 0 aliphatic carbocycles. The van der Waals surface area contributed by atoms with Crippen molar-refractivity contribution in [3.05, 3.63) is 72.2 Å². The second kappa shape index (κ2) is 13.0. The van der Waals surface area contributed by atoms with Gasteiger partial charge < -0.3 is 15.4 Å². The summed E-state index contributed by atoms with van der Waals surface area (Å²) in [5.41, 5.74) is 1.00. The molecule has 0 fully saturated rings. The van der Waals surface area contributed by atoms with Crippen molar-refractivity contribution in [1.29, 1.82) is 0 Å². The molecule has 0 bridgehead atoms. The molecule has 0 aliphatic heterocycles. The van der Waals surface area contributed by atoms with E-state index in [4.69, 9.17) is 4.74 Å². The SMILES string of the molecule is CCNC(=NCc1ccc(-n2ccnc2C)nc1)NCC(CC)Oc1cccc(F)c1.I. The van der Waals surface area contributed by atoms with E-state index in [1.54, 1.807) is 18.3 Å². The van der Waals surface area contributed by atoms with Crippen molar-refractivity contribution in [3.8, 4) is 11.6 Å². The largest absolute Gasteiger partial charge is 0.489 e. The lowest BCUT2D eigenvalue weighted by Gasteiger charge is -2.20. The van der Waals surface area contributed by atoms with Crippen LogP contribution in [-0.4, -0.2) is 39.7 Å². The van der Waals surface area contributed by atoms with Gasteiger partial charge in [-0.1, -0.05) is 19.1 Å². The van der Waals surface area contributed by atoms with Crippen molar-refractivity contribution in [2.24, 2.45) is 4.99 Å². The lowest BCUT2D eigenvalue weighted by Crippen LogP contribution is -2.42. The zero-order valence-corrected chi connectivity index (χ0v) is 20.9. The zero-order valence-electron chi connectivity index (χ0n) is 18.6. The van der Waals surface area contributed by atoms with E-state index < -0.39 is 0 Å². The highest BCUT2D eigenvalue weighted by Crippen LogP contribution is 2.15. The summed E-state index contributed by atoms with van der Waals surface area (Å²) in [6, 6.07) is 10.2. The number of hydrogen-bond acceptors (Lipinski definition) is 4. The summed E-state index contributed by atoms with van der Waals surface area (Å²) in [6.45, 7) is 7.77. The highest BCUT2D eigenvalue weighted by Gasteiger charge is 2.10. The van der Waals surface area contributed by atoms with Crippen LogP contribution in [0, 0.1) is 12.7 Å². The molecule has 1 unspecified atom stereocenters. The standard InChI is InChI=1S/C23H29FN6O.HI/c1-4-20(31-21-8-6-7-19(24)13-21)16-29-23(25-5-2)28-15-18-9-10-22(27-14-18)30-12-11-26-17(30)3;/h6-14,20H,4-5,15-16H2,1-3H3,(H2,25,28,29);1H. The van der Waals surface area contributed by atoms with Gasteiger partial charge in [0.05, 0.1) is 13.1 Å². The van der Waals surface area contributed by atoms with Crippen LogP contribution in [-0.2, 0) is 6.54 Å². The summed E-state index contributed by atoms with van der Waals surface area (Å²) in [4.78, 5) is 13.4. The van der Waals surface area contributed by atoms with Crippen molar-refractivity contribution in [3.63, 3.8) is 0 Å². The van der Waals surface area contributed by atoms with Crippen LogP contribution < -0.4 is 15.4 Å². The molecule has 3 rings (SSSR count). The third-order valence-electron chi connectivity index (χ3n) is 4.70. The van der Waals surface area contributed by atoms with Crippen molar-refractivity contribution in [1.82, 2.24) is 25.2 Å². The Morgan fingerprint density at radius 1 is 1.19 bits per heavy atom. The predicted octanol–water partition coefficient (Wildman–Crippen LogP) is 4.25. The summed E-state index contributed by atoms with van der Waals surface area (Å²) in [5, 5.41) is 6.54. The molecule has 0 saturated carbocycles. The Kier molecular flexibility index (Phi) is 10.4. The van der Waals surface area contributed by atoms with E-state index in [9.17, 15) is 4.39 Å². The second-order valence-corrected chi connectivity index (χ2v) is 7.05. The first-order chi connectivity index (χ1) is 15.1. The number of ether oxygens (including phenoxy) is 1. The number of aryl methyl sites for hydroxylation is 1. The quantitative estimate of drug-likeness (QED) is 0.236. The molecule has 1 atom stereocenters. The van der Waals surface area contributed by atoms with Gasteiger partial charge in [-0.25, -0.2) is 19.4 Å². The molecule has 0 spiro atoms. The first-order valence-corrected chi connectivity index (χ1v) is 10.5. The van der Waals surface area contributed by atoms with E-state index in [2.05, 4.69) is 25.6 Å². The molecule has 7 nitrogen and oxygen atoms in total. The van der Waals surface area contributed by atoms with Crippen LogP contribution in [0.4, 0.5) is 4.39 Å². The Balaban J connectivity index is 0.00000363. The second-order valence-electron chi connectivity index (χ2n) is 7.05. The molecule has 3 aromatic rings. The van der Waals surface area contributed by atoms with Gasteiger partial charge in [0.1, 0.15) is 29.3 Å². The fraction of sp³-hybridized carbons (Fsp3) is 0.348. The van der Waals surface area contributed by atoms with Crippen LogP contribution in [0.25, 0.3) is 5.82 Å². The number of guanidine groups is 1. The number of halogens is 2. The molecule has 1 aromatic carbocycles. The number of imidazole rings is 1. The topological polar surface area (TPSA) is 76.4 Å². The maximum absolute atomic E-state index is 13.4. The highest BCUT2D eigenvalue weighted by molar-refractivity contribution is 14.0. The number of aliphatic imine (C=N–C) groups is 1. The van der Waals surface area contributed by atoms with Gasteiger partial charge >= 0.3 is 0 Å². The Hall–Kier alpha value is -2.69. The molecular weight excluding hydrogens is 522 g/mol. The third-order valence-corrected chi connectivity index (χ3v) is 4.70. The Morgan fingerprint density at radius 3 is 2.66 bits per heavy atom. The summed E-state index contributed by atoms with van der Waals surface area (Å²) in [6.07, 6.45) is 6.14.